The molecule has 3 N–H and O–H groups in total. The third kappa shape index (κ3) is 1.51. The molecule has 0 unspecified atom stereocenters. The van der Waals surface area contributed by atoms with Gasteiger partial charge >= 0.3 is 0 Å². The number of aryl methyl sites for hydroxylation is 1. The molecule has 0 saturated carbocycles. The van der Waals surface area contributed by atoms with Crippen LogP contribution in [0.4, 0.5) is 0 Å². The van der Waals surface area contributed by atoms with Crippen molar-refractivity contribution >= 4 is 11.0 Å². The molecule has 1 aromatic heterocycles. The summed E-state index contributed by atoms with van der Waals surface area (Å²) in [6.45, 7) is 5.95. The Morgan fingerprint density at radius 2 is 2.07 bits per heavy atom. The van der Waals surface area contributed by atoms with E-state index in [2.05, 4.69) is 29.0 Å². The lowest BCUT2D eigenvalue weighted by Crippen LogP contribution is -2.30. The van der Waals surface area contributed by atoms with Crippen molar-refractivity contribution < 1.29 is 0 Å². The van der Waals surface area contributed by atoms with Gasteiger partial charge in [-0.25, -0.2) is 4.98 Å². The number of H-pyrrole nitrogens is 1. The van der Waals surface area contributed by atoms with Gasteiger partial charge in [-0.05, 0) is 38.5 Å². The van der Waals surface area contributed by atoms with Crippen LogP contribution in [0.5, 0.6) is 0 Å². The Bertz CT molecular complexity index is 463. The first-order valence-corrected chi connectivity index (χ1v) is 4.72. The minimum atomic E-state index is -0.410. The van der Waals surface area contributed by atoms with Crippen LogP contribution >= 0.6 is 0 Å². The number of fused-ring (bicyclic) bond motifs is 1. The lowest BCUT2D eigenvalue weighted by Gasteiger charge is -2.13. The number of nitrogens with two attached hydrogens (primary N) is 1. The quantitative estimate of drug-likeness (QED) is 0.721. The van der Waals surface area contributed by atoms with Gasteiger partial charge in [-0.2, -0.15) is 0 Å². The van der Waals surface area contributed by atoms with E-state index in [-0.39, 0.29) is 0 Å². The molecule has 0 amide bonds. The third-order valence-corrected chi connectivity index (χ3v) is 2.25. The molecule has 0 aliphatic rings. The predicted molar refractivity (Wildman–Crippen MR) is 58.0 cm³/mol. The SMILES string of the molecule is Cc1ccc2nc(C(C)(C)N)[nH]c2c1. The first-order chi connectivity index (χ1) is 6.47. The predicted octanol–water partition coefficient (Wildman–Crippen LogP) is 2.07. The average molecular weight is 189 g/mol. The minimum absolute atomic E-state index is 0.410. The standard InChI is InChI=1S/C11H15N3/c1-7-4-5-8-9(6-7)14-10(13-8)11(2,3)12/h4-6H,12H2,1-3H3,(H,13,14). The molecule has 1 heterocycles. The summed E-state index contributed by atoms with van der Waals surface area (Å²) in [6.07, 6.45) is 0. The zero-order valence-electron chi connectivity index (χ0n) is 8.76. The maximum absolute atomic E-state index is 5.96. The summed E-state index contributed by atoms with van der Waals surface area (Å²) in [7, 11) is 0. The fraction of sp³-hybridized carbons (Fsp3) is 0.364. The zero-order valence-corrected chi connectivity index (χ0v) is 8.76. The summed E-state index contributed by atoms with van der Waals surface area (Å²) in [6, 6.07) is 6.14. The summed E-state index contributed by atoms with van der Waals surface area (Å²) in [5.74, 6) is 0.832. The van der Waals surface area contributed by atoms with Gasteiger partial charge in [0, 0.05) is 0 Å². The van der Waals surface area contributed by atoms with Crippen LogP contribution < -0.4 is 5.73 Å². The highest BCUT2D eigenvalue weighted by atomic mass is 15.0. The number of hydrogen-bond donors (Lipinski definition) is 2. The number of nitrogens with zero attached hydrogens (tertiary/aromatic N) is 1. The van der Waals surface area contributed by atoms with E-state index in [4.69, 9.17) is 5.73 Å². The van der Waals surface area contributed by atoms with Gasteiger partial charge in [-0.15, -0.1) is 0 Å². The second kappa shape index (κ2) is 2.82. The van der Waals surface area contributed by atoms with Crippen LogP contribution in [0.2, 0.25) is 0 Å². The molecule has 0 bridgehead atoms. The van der Waals surface area contributed by atoms with Gasteiger partial charge in [0.25, 0.3) is 0 Å². The van der Waals surface area contributed by atoms with Gasteiger partial charge in [-0.3, -0.25) is 0 Å². The van der Waals surface area contributed by atoms with E-state index in [9.17, 15) is 0 Å². The van der Waals surface area contributed by atoms with Crippen molar-refractivity contribution in [1.82, 2.24) is 9.97 Å². The van der Waals surface area contributed by atoms with Crippen molar-refractivity contribution in [2.24, 2.45) is 5.73 Å². The van der Waals surface area contributed by atoms with E-state index in [0.29, 0.717) is 0 Å². The first-order valence-electron chi connectivity index (χ1n) is 4.72. The number of benzene rings is 1. The molecule has 1 aromatic carbocycles. The van der Waals surface area contributed by atoms with Crippen molar-refractivity contribution in [1.29, 1.82) is 0 Å². The minimum Gasteiger partial charge on any atom is -0.340 e. The fourth-order valence-electron chi connectivity index (χ4n) is 1.43. The number of aromatic nitrogens is 2. The molecule has 3 heteroatoms. The maximum atomic E-state index is 5.96. The monoisotopic (exact) mass is 189 g/mol. The van der Waals surface area contributed by atoms with Crippen molar-refractivity contribution in [2.75, 3.05) is 0 Å². The molecule has 0 atom stereocenters. The Hall–Kier alpha value is -1.35. The molecule has 14 heavy (non-hydrogen) atoms. The van der Waals surface area contributed by atoms with Crippen molar-refractivity contribution in [3.63, 3.8) is 0 Å². The Balaban J connectivity index is 2.63. The van der Waals surface area contributed by atoms with Gasteiger partial charge in [0.1, 0.15) is 5.82 Å². The molecule has 0 aliphatic heterocycles. The van der Waals surface area contributed by atoms with Gasteiger partial charge in [0.15, 0.2) is 0 Å². The number of imidazole rings is 1. The van der Waals surface area contributed by atoms with Crippen LogP contribution in [-0.4, -0.2) is 9.97 Å². The number of aromatic amines is 1. The van der Waals surface area contributed by atoms with Crippen molar-refractivity contribution in [2.45, 2.75) is 26.3 Å². The molecule has 0 spiro atoms. The maximum Gasteiger partial charge on any atom is 0.126 e. The molecule has 0 radical (unpaired) electrons. The molecule has 0 aliphatic carbocycles. The summed E-state index contributed by atoms with van der Waals surface area (Å²) in [5.41, 5.74) is 8.81. The first kappa shape index (κ1) is 9.21. The second-order valence-corrected chi connectivity index (χ2v) is 4.33. The van der Waals surface area contributed by atoms with E-state index < -0.39 is 5.54 Å². The van der Waals surface area contributed by atoms with E-state index in [0.717, 1.165) is 16.9 Å². The van der Waals surface area contributed by atoms with Gasteiger partial charge in [-0.1, -0.05) is 6.07 Å². The Morgan fingerprint density at radius 3 is 2.71 bits per heavy atom. The second-order valence-electron chi connectivity index (χ2n) is 4.33. The number of rotatable bonds is 1. The molecule has 2 aromatic rings. The van der Waals surface area contributed by atoms with E-state index >= 15 is 0 Å². The Morgan fingerprint density at radius 1 is 1.36 bits per heavy atom. The topological polar surface area (TPSA) is 54.7 Å². The van der Waals surface area contributed by atoms with Crippen LogP contribution in [0, 0.1) is 6.92 Å². The normalized spacial score (nSPS) is 12.3. The lowest BCUT2D eigenvalue weighted by molar-refractivity contribution is 0.522. The summed E-state index contributed by atoms with van der Waals surface area (Å²) in [5, 5.41) is 0. The fourth-order valence-corrected chi connectivity index (χ4v) is 1.43. The molecule has 3 nitrogen and oxygen atoms in total. The van der Waals surface area contributed by atoms with Gasteiger partial charge in [0.2, 0.25) is 0 Å². The average Bonchev–Trinajstić information content (AvgIpc) is 2.45. The van der Waals surface area contributed by atoms with Crippen LogP contribution in [0.1, 0.15) is 25.2 Å². The van der Waals surface area contributed by atoms with E-state index in [1.165, 1.54) is 5.56 Å². The molecule has 2 rings (SSSR count). The van der Waals surface area contributed by atoms with Crippen LogP contribution in [0.25, 0.3) is 11.0 Å². The zero-order chi connectivity index (χ0) is 10.3. The number of hydrogen-bond acceptors (Lipinski definition) is 2. The van der Waals surface area contributed by atoms with Gasteiger partial charge < -0.3 is 10.7 Å². The lowest BCUT2D eigenvalue weighted by atomic mass is 10.1. The summed E-state index contributed by atoms with van der Waals surface area (Å²) < 4.78 is 0. The van der Waals surface area contributed by atoms with Crippen LogP contribution in [0.15, 0.2) is 18.2 Å². The van der Waals surface area contributed by atoms with Gasteiger partial charge in [0.05, 0.1) is 16.6 Å². The van der Waals surface area contributed by atoms with E-state index in [1.54, 1.807) is 0 Å². The number of nitrogens with one attached hydrogen (secondary N) is 1. The third-order valence-electron chi connectivity index (χ3n) is 2.25. The highest BCUT2D eigenvalue weighted by Crippen LogP contribution is 2.19. The highest BCUT2D eigenvalue weighted by Gasteiger charge is 2.18. The largest absolute Gasteiger partial charge is 0.340 e. The van der Waals surface area contributed by atoms with Crippen LogP contribution in [-0.2, 0) is 5.54 Å². The molecular formula is C11H15N3. The molecule has 74 valence electrons. The smallest absolute Gasteiger partial charge is 0.126 e. The highest BCUT2D eigenvalue weighted by molar-refractivity contribution is 5.76. The van der Waals surface area contributed by atoms with E-state index in [1.807, 2.05) is 19.9 Å². The summed E-state index contributed by atoms with van der Waals surface area (Å²) in [4.78, 5) is 7.68. The van der Waals surface area contributed by atoms with Crippen LogP contribution in [0.3, 0.4) is 0 Å². The molecule has 0 fully saturated rings. The molecular weight excluding hydrogens is 174 g/mol. The Kier molecular flexibility index (Phi) is 1.86. The van der Waals surface area contributed by atoms with Crippen molar-refractivity contribution in [3.8, 4) is 0 Å². The van der Waals surface area contributed by atoms with Crippen molar-refractivity contribution in [3.05, 3.63) is 29.6 Å². The Labute approximate surface area is 83.3 Å². The summed E-state index contributed by atoms with van der Waals surface area (Å²) >= 11 is 0. The molecule has 0 saturated heterocycles.